The molecule has 9 heteroatoms. The number of β-lactam (4-membered cyclic amide) rings is 1. The first-order chi connectivity index (χ1) is 15.2. The van der Waals surface area contributed by atoms with Crippen molar-refractivity contribution in [1.82, 2.24) is 9.88 Å². The van der Waals surface area contributed by atoms with E-state index >= 15 is 0 Å². The highest BCUT2D eigenvalue weighted by Crippen LogP contribution is 2.49. The molecule has 2 aromatic rings. The third kappa shape index (κ3) is 4.19. The molecule has 0 bridgehead atoms. The van der Waals surface area contributed by atoms with Crippen LogP contribution >= 0.6 is 0 Å². The second kappa shape index (κ2) is 8.61. The smallest absolute Gasteiger partial charge is 0.259 e. The van der Waals surface area contributed by atoms with Crippen LogP contribution in [-0.4, -0.2) is 50.6 Å². The molecule has 2 atom stereocenters. The largest absolute Gasteiger partial charge is 0.484 e. The first-order valence-corrected chi connectivity index (χ1v) is 15.3. The van der Waals surface area contributed by atoms with E-state index in [9.17, 15) is 18.0 Å². The van der Waals surface area contributed by atoms with Crippen molar-refractivity contribution in [2.24, 2.45) is 0 Å². The average Bonchev–Trinajstić information content (AvgIpc) is 2.77. The standard InChI is InChI=1S/C24H32N2O5SSi/c1-23(2,3)33(5,6)26-21(25-20(27)17-31-18-13-9-7-10-14-18)24(4,22(26)28)32(29,30)19-15-11-8-12-16-19/h7-16,21H,17H2,1-6H3,(H,25,27)/t21-,24-/m0/s1. The lowest BCUT2D eigenvalue weighted by molar-refractivity contribution is -0.147. The number of carbonyl (C=O) groups is 2. The molecule has 0 spiro atoms. The van der Waals surface area contributed by atoms with E-state index in [1.54, 1.807) is 47.0 Å². The fourth-order valence-electron chi connectivity index (χ4n) is 3.76. The van der Waals surface area contributed by atoms with Crippen molar-refractivity contribution in [1.29, 1.82) is 0 Å². The summed E-state index contributed by atoms with van der Waals surface area (Å²) in [6, 6.07) is 16.8. The van der Waals surface area contributed by atoms with Crippen molar-refractivity contribution in [2.75, 3.05) is 6.61 Å². The van der Waals surface area contributed by atoms with Gasteiger partial charge in [0.25, 0.3) is 5.91 Å². The number of benzene rings is 2. The molecule has 1 heterocycles. The van der Waals surface area contributed by atoms with Gasteiger partial charge in [-0.3, -0.25) is 9.59 Å². The number of sulfone groups is 1. The molecule has 0 aromatic heterocycles. The fourth-order valence-corrected chi connectivity index (χ4v) is 8.16. The van der Waals surface area contributed by atoms with Gasteiger partial charge in [0, 0.05) is 0 Å². The molecule has 3 rings (SSSR count). The molecule has 2 aromatic carbocycles. The van der Waals surface area contributed by atoms with Crippen LogP contribution < -0.4 is 10.1 Å². The lowest BCUT2D eigenvalue weighted by atomic mass is 9.98. The van der Waals surface area contributed by atoms with Crippen LogP contribution in [0.25, 0.3) is 0 Å². The zero-order valence-electron chi connectivity index (χ0n) is 20.0. The van der Waals surface area contributed by atoms with Crippen molar-refractivity contribution in [2.45, 2.75) is 61.6 Å². The van der Waals surface area contributed by atoms with Gasteiger partial charge in [0.1, 0.15) is 11.9 Å². The van der Waals surface area contributed by atoms with Gasteiger partial charge in [-0.05, 0) is 36.2 Å². The molecule has 7 nitrogen and oxygen atoms in total. The van der Waals surface area contributed by atoms with Gasteiger partial charge in [-0.25, -0.2) is 8.42 Å². The van der Waals surface area contributed by atoms with Crippen LogP contribution in [-0.2, 0) is 19.4 Å². The molecule has 1 aliphatic heterocycles. The van der Waals surface area contributed by atoms with Crippen LogP contribution in [0.3, 0.4) is 0 Å². The number of amides is 2. The Hall–Kier alpha value is -2.65. The molecule has 0 radical (unpaired) electrons. The highest BCUT2D eigenvalue weighted by molar-refractivity contribution is 7.93. The molecule has 178 valence electrons. The first kappa shape index (κ1) is 25.0. The van der Waals surface area contributed by atoms with Gasteiger partial charge in [0.05, 0.1) is 4.90 Å². The van der Waals surface area contributed by atoms with Crippen LogP contribution in [0, 0.1) is 0 Å². The van der Waals surface area contributed by atoms with Crippen molar-refractivity contribution < 1.29 is 22.7 Å². The number of carbonyl (C=O) groups excluding carboxylic acids is 2. The maximum absolute atomic E-state index is 13.6. The molecule has 0 aliphatic carbocycles. The second-order valence-corrected chi connectivity index (χ2v) is 17.4. The van der Waals surface area contributed by atoms with Crippen LogP contribution in [0.1, 0.15) is 27.7 Å². The van der Waals surface area contributed by atoms with Gasteiger partial charge in [-0.1, -0.05) is 70.3 Å². The van der Waals surface area contributed by atoms with E-state index in [4.69, 9.17) is 4.74 Å². The maximum Gasteiger partial charge on any atom is 0.259 e. The van der Waals surface area contributed by atoms with Crippen LogP contribution in [0.15, 0.2) is 65.6 Å². The van der Waals surface area contributed by atoms with Gasteiger partial charge in [0.15, 0.2) is 29.4 Å². The van der Waals surface area contributed by atoms with Crippen molar-refractivity contribution in [3.63, 3.8) is 0 Å². The third-order valence-corrected chi connectivity index (χ3v) is 14.6. The number of rotatable bonds is 7. The van der Waals surface area contributed by atoms with E-state index < -0.39 is 40.8 Å². The summed E-state index contributed by atoms with van der Waals surface area (Å²) in [4.78, 5) is 26.5. The quantitative estimate of drug-likeness (QED) is 0.475. The Morgan fingerprint density at radius 3 is 2.09 bits per heavy atom. The predicted molar refractivity (Wildman–Crippen MR) is 130 cm³/mol. The lowest BCUT2D eigenvalue weighted by Crippen LogP contribution is -2.86. The van der Waals surface area contributed by atoms with E-state index in [0.717, 1.165) is 0 Å². The third-order valence-electron chi connectivity index (χ3n) is 6.88. The van der Waals surface area contributed by atoms with E-state index in [1.165, 1.54) is 19.1 Å². The summed E-state index contributed by atoms with van der Waals surface area (Å²) in [5.74, 6) is -0.444. The van der Waals surface area contributed by atoms with Gasteiger partial charge >= 0.3 is 0 Å². The van der Waals surface area contributed by atoms with Crippen molar-refractivity contribution >= 4 is 29.9 Å². The van der Waals surface area contributed by atoms with E-state index in [2.05, 4.69) is 5.32 Å². The fraction of sp³-hybridized carbons (Fsp3) is 0.417. The summed E-state index contributed by atoms with van der Waals surface area (Å²) in [5.41, 5.74) is 0. The SMILES string of the molecule is CC(C)(C)[Si](C)(C)N1C(=O)[C@@](C)(S(=O)(=O)c2ccccc2)[C@H]1NC(=O)COc1ccccc1. The van der Waals surface area contributed by atoms with E-state index in [0.29, 0.717) is 5.75 Å². The van der Waals surface area contributed by atoms with Crippen LogP contribution in [0.2, 0.25) is 18.1 Å². The molecule has 0 saturated carbocycles. The van der Waals surface area contributed by atoms with Crippen molar-refractivity contribution in [3.05, 3.63) is 60.7 Å². The average molecular weight is 489 g/mol. The summed E-state index contributed by atoms with van der Waals surface area (Å²) in [6.07, 6.45) is -0.997. The van der Waals surface area contributed by atoms with Crippen LogP contribution in [0.4, 0.5) is 0 Å². The first-order valence-electron chi connectivity index (χ1n) is 10.9. The minimum Gasteiger partial charge on any atom is -0.484 e. The monoisotopic (exact) mass is 488 g/mol. The lowest BCUT2D eigenvalue weighted by Gasteiger charge is -2.61. The minimum absolute atomic E-state index is 0.0514. The molecule has 0 unspecified atom stereocenters. The van der Waals surface area contributed by atoms with E-state index in [1.807, 2.05) is 39.9 Å². The highest BCUT2D eigenvalue weighted by Gasteiger charge is 2.70. The van der Waals surface area contributed by atoms with Crippen LogP contribution in [0.5, 0.6) is 5.75 Å². The molecule has 1 aliphatic rings. The Morgan fingerprint density at radius 2 is 1.58 bits per heavy atom. The summed E-state index contributed by atoms with van der Waals surface area (Å²) in [5, 5.41) is 2.56. The minimum atomic E-state index is -4.08. The summed E-state index contributed by atoms with van der Waals surface area (Å²) in [6.45, 7) is 11.2. The molecule has 1 saturated heterocycles. The number of hydrogen-bond donors (Lipinski definition) is 1. The Balaban J connectivity index is 1.95. The zero-order chi connectivity index (χ0) is 24.7. The summed E-state index contributed by atoms with van der Waals surface area (Å²) >= 11 is 0. The van der Waals surface area contributed by atoms with Gasteiger partial charge in [-0.2, -0.15) is 0 Å². The van der Waals surface area contributed by atoms with E-state index in [-0.39, 0.29) is 16.5 Å². The Kier molecular flexibility index (Phi) is 6.51. The Morgan fingerprint density at radius 1 is 1.06 bits per heavy atom. The van der Waals surface area contributed by atoms with Gasteiger partial charge in [0.2, 0.25) is 5.91 Å². The summed E-state index contributed by atoms with van der Waals surface area (Å²) in [7, 11) is -6.58. The van der Waals surface area contributed by atoms with Crippen molar-refractivity contribution in [3.8, 4) is 5.75 Å². The topological polar surface area (TPSA) is 92.8 Å². The molecule has 33 heavy (non-hydrogen) atoms. The van der Waals surface area contributed by atoms with Gasteiger partial charge < -0.3 is 14.6 Å². The second-order valence-electron chi connectivity index (χ2n) is 9.98. The predicted octanol–water partition coefficient (Wildman–Crippen LogP) is 3.59. The number of hydrogen-bond acceptors (Lipinski definition) is 5. The number of para-hydroxylation sites is 1. The number of nitrogens with zero attached hydrogens (tertiary/aromatic N) is 1. The molecule has 1 fully saturated rings. The Labute approximate surface area is 197 Å². The molecular weight excluding hydrogens is 456 g/mol. The highest BCUT2D eigenvalue weighted by atomic mass is 32.2. The molecular formula is C24H32N2O5SSi. The van der Waals surface area contributed by atoms with Gasteiger partial charge in [-0.15, -0.1) is 0 Å². The Bertz CT molecular complexity index is 1130. The summed E-state index contributed by atoms with van der Waals surface area (Å²) < 4.78 is 32.6. The molecule has 2 amide bonds. The molecule has 1 N–H and O–H groups in total. The number of ether oxygens (including phenoxy) is 1. The maximum atomic E-state index is 13.6. The zero-order valence-corrected chi connectivity index (χ0v) is 21.8. The number of nitrogens with one attached hydrogen (secondary N) is 1. The normalized spacial score (nSPS) is 21.3.